The first kappa shape index (κ1) is 20.7. The number of benzene rings is 2. The second-order valence-electron chi connectivity index (χ2n) is 6.17. The van der Waals surface area contributed by atoms with Gasteiger partial charge in [-0.2, -0.15) is 5.10 Å². The average Bonchev–Trinajstić information content (AvgIpc) is 3.06. The van der Waals surface area contributed by atoms with Crippen molar-refractivity contribution in [2.45, 2.75) is 18.4 Å². The van der Waals surface area contributed by atoms with Gasteiger partial charge in [-0.25, -0.2) is 22.6 Å². The number of ether oxygens (including phenoxy) is 1. The molecule has 7 nitrogen and oxygen atoms in total. The molecule has 1 heterocycles. The third-order valence-corrected chi connectivity index (χ3v) is 5.28. The topological polar surface area (TPSA) is 107 Å². The molecule has 0 radical (unpaired) electrons. The lowest BCUT2D eigenvalue weighted by Crippen LogP contribution is -2.11. The minimum Gasteiger partial charge on any atom is -0.494 e. The van der Waals surface area contributed by atoms with Crippen molar-refractivity contribution in [3.63, 3.8) is 0 Å². The summed E-state index contributed by atoms with van der Waals surface area (Å²) in [5, 5.41) is 19.6. The van der Waals surface area contributed by atoms with Crippen LogP contribution in [-0.2, 0) is 16.6 Å². The molecule has 3 rings (SSSR count). The Bertz CT molecular complexity index is 1170. The van der Waals surface area contributed by atoms with E-state index in [1.54, 1.807) is 37.4 Å². The van der Waals surface area contributed by atoms with E-state index in [2.05, 4.69) is 5.10 Å². The van der Waals surface area contributed by atoms with Gasteiger partial charge in [-0.15, -0.1) is 0 Å². The maximum Gasteiger partial charge on any atom is 0.238 e. The lowest BCUT2D eigenvalue weighted by Gasteiger charge is -2.09. The zero-order chi connectivity index (χ0) is 21.2. The van der Waals surface area contributed by atoms with E-state index in [9.17, 15) is 17.9 Å². The Labute approximate surface area is 167 Å². The molecule has 0 aliphatic heterocycles. The third-order valence-electron chi connectivity index (χ3n) is 4.35. The predicted molar refractivity (Wildman–Crippen MR) is 108 cm³/mol. The highest BCUT2D eigenvalue weighted by Crippen LogP contribution is 2.36. The first-order chi connectivity index (χ1) is 13.8. The second kappa shape index (κ2) is 8.16. The average molecular weight is 417 g/mol. The molecule has 152 valence electrons. The van der Waals surface area contributed by atoms with Gasteiger partial charge in [-0.05, 0) is 36.8 Å². The summed E-state index contributed by atoms with van der Waals surface area (Å²) in [4.78, 5) is -0.0337. The Balaban J connectivity index is 2.25. The van der Waals surface area contributed by atoms with E-state index in [1.807, 2.05) is 0 Å². The van der Waals surface area contributed by atoms with Crippen LogP contribution in [0.2, 0.25) is 0 Å². The Morgan fingerprint density at radius 2 is 1.86 bits per heavy atom. The van der Waals surface area contributed by atoms with E-state index < -0.39 is 15.8 Å². The summed E-state index contributed by atoms with van der Waals surface area (Å²) in [6, 6.07) is 10.3. The molecule has 0 aliphatic carbocycles. The van der Waals surface area contributed by atoms with E-state index in [4.69, 9.17) is 9.88 Å². The Kier molecular flexibility index (Phi) is 5.83. The lowest BCUT2D eigenvalue weighted by atomic mass is 9.98. The molecule has 0 unspecified atom stereocenters. The van der Waals surface area contributed by atoms with Crippen LogP contribution in [-0.4, -0.2) is 30.4 Å². The molecule has 1 aromatic heterocycles. The molecule has 2 aromatic carbocycles. The van der Waals surface area contributed by atoms with Crippen molar-refractivity contribution in [1.29, 1.82) is 0 Å². The number of halogens is 1. The van der Waals surface area contributed by atoms with Gasteiger partial charge in [0, 0.05) is 17.3 Å². The normalized spacial score (nSPS) is 11.9. The van der Waals surface area contributed by atoms with Crippen molar-refractivity contribution in [2.24, 2.45) is 5.14 Å². The number of aliphatic hydroxyl groups excluding tert-OH is 1. The molecule has 0 saturated heterocycles. The summed E-state index contributed by atoms with van der Waals surface area (Å²) in [6.07, 6.45) is 3.41. The largest absolute Gasteiger partial charge is 0.494 e. The van der Waals surface area contributed by atoms with Gasteiger partial charge in [0.25, 0.3) is 0 Å². The van der Waals surface area contributed by atoms with Gasteiger partial charge in [0.15, 0.2) is 11.6 Å². The van der Waals surface area contributed by atoms with Crippen molar-refractivity contribution in [1.82, 2.24) is 9.78 Å². The zero-order valence-electron chi connectivity index (χ0n) is 15.8. The van der Waals surface area contributed by atoms with Gasteiger partial charge in [0.1, 0.15) is 5.69 Å². The second-order valence-corrected chi connectivity index (χ2v) is 7.74. The number of nitrogens with two attached hydrogens (primary N) is 1. The Morgan fingerprint density at radius 1 is 1.21 bits per heavy atom. The summed E-state index contributed by atoms with van der Waals surface area (Å²) in [6.45, 7) is 1.46. The number of hydrogen-bond acceptors (Lipinski definition) is 5. The molecule has 3 aromatic rings. The van der Waals surface area contributed by atoms with Gasteiger partial charge in [0.2, 0.25) is 10.0 Å². The fourth-order valence-corrected chi connectivity index (χ4v) is 3.53. The summed E-state index contributed by atoms with van der Waals surface area (Å²) in [7, 11) is -2.46. The van der Waals surface area contributed by atoms with Crippen molar-refractivity contribution in [3.8, 4) is 28.1 Å². The van der Waals surface area contributed by atoms with Gasteiger partial charge < -0.3 is 9.84 Å². The quantitative estimate of drug-likeness (QED) is 0.641. The first-order valence-corrected chi connectivity index (χ1v) is 10.2. The number of primary sulfonamides is 1. The van der Waals surface area contributed by atoms with E-state index in [-0.39, 0.29) is 17.3 Å². The van der Waals surface area contributed by atoms with Crippen LogP contribution in [0.4, 0.5) is 4.39 Å². The smallest absolute Gasteiger partial charge is 0.238 e. The van der Waals surface area contributed by atoms with Crippen molar-refractivity contribution in [3.05, 3.63) is 60.1 Å². The Hall–Kier alpha value is -3.01. The number of methoxy groups -OCH3 is 1. The molecule has 29 heavy (non-hydrogen) atoms. The number of rotatable bonds is 6. The minimum atomic E-state index is -3.83. The summed E-state index contributed by atoms with van der Waals surface area (Å²) in [5.74, 6) is -0.456. The maximum absolute atomic E-state index is 14.3. The van der Waals surface area contributed by atoms with E-state index in [1.165, 1.54) is 36.1 Å². The van der Waals surface area contributed by atoms with Crippen molar-refractivity contribution >= 4 is 16.2 Å². The zero-order valence-corrected chi connectivity index (χ0v) is 16.6. The number of sulfonamides is 1. The molecule has 0 spiro atoms. The van der Waals surface area contributed by atoms with Crippen LogP contribution in [0.5, 0.6) is 5.75 Å². The van der Waals surface area contributed by atoms with Gasteiger partial charge in [-0.3, -0.25) is 0 Å². The van der Waals surface area contributed by atoms with Gasteiger partial charge in [0.05, 0.1) is 24.3 Å². The van der Waals surface area contributed by atoms with E-state index in [0.29, 0.717) is 28.1 Å². The molecule has 0 saturated carbocycles. The lowest BCUT2D eigenvalue weighted by molar-refractivity contribution is 0.274. The molecule has 0 bridgehead atoms. The molecular formula is C20H20FN3O4S. The van der Waals surface area contributed by atoms with Gasteiger partial charge in [-0.1, -0.05) is 24.3 Å². The highest BCUT2D eigenvalue weighted by molar-refractivity contribution is 7.89. The number of aromatic nitrogens is 2. The highest BCUT2D eigenvalue weighted by Gasteiger charge is 2.21. The highest BCUT2D eigenvalue weighted by atomic mass is 32.2. The summed E-state index contributed by atoms with van der Waals surface area (Å²) >= 11 is 0. The van der Waals surface area contributed by atoms with Crippen LogP contribution in [0.3, 0.4) is 0 Å². The fourth-order valence-electron chi connectivity index (χ4n) is 3.02. The monoisotopic (exact) mass is 417 g/mol. The molecule has 0 aliphatic rings. The minimum absolute atomic E-state index is 0.0337. The predicted octanol–water partition coefficient (Wildman–Crippen LogP) is 3.00. The summed E-state index contributed by atoms with van der Waals surface area (Å²) < 4.78 is 43.8. The third kappa shape index (κ3) is 4.07. The summed E-state index contributed by atoms with van der Waals surface area (Å²) in [5.41, 5.74) is 2.52. The molecule has 0 fully saturated rings. The molecular weight excluding hydrogens is 397 g/mol. The molecule has 0 atom stereocenters. The van der Waals surface area contributed by atoms with Crippen LogP contribution in [0, 0.1) is 5.82 Å². The number of allylic oxidation sites excluding steroid dienone is 1. The maximum atomic E-state index is 14.3. The van der Waals surface area contributed by atoms with Crippen molar-refractivity contribution < 1.29 is 22.7 Å². The van der Waals surface area contributed by atoms with E-state index >= 15 is 0 Å². The van der Waals surface area contributed by atoms with Gasteiger partial charge >= 0.3 is 0 Å². The first-order valence-electron chi connectivity index (χ1n) is 8.62. The number of nitrogens with zero attached hydrogens (tertiary/aromatic N) is 2. The SMILES string of the molecule is C/C=C/n1nc(-c2ccc(S(N)(=O)=O)cc2)c(-c2ccc(OC)c(F)c2)c1CO. The van der Waals surface area contributed by atoms with E-state index in [0.717, 1.165) is 0 Å². The van der Waals surface area contributed by atoms with Crippen molar-refractivity contribution in [2.75, 3.05) is 7.11 Å². The van der Waals surface area contributed by atoms with Crippen LogP contribution < -0.4 is 9.88 Å². The van der Waals surface area contributed by atoms with Crippen LogP contribution >= 0.6 is 0 Å². The van der Waals surface area contributed by atoms with Crippen LogP contribution in [0.1, 0.15) is 12.6 Å². The van der Waals surface area contributed by atoms with Crippen LogP contribution in [0.15, 0.2) is 53.4 Å². The number of aliphatic hydroxyl groups is 1. The number of hydrogen-bond donors (Lipinski definition) is 2. The fraction of sp³-hybridized carbons (Fsp3) is 0.150. The molecule has 9 heteroatoms. The molecule has 0 amide bonds. The molecule has 3 N–H and O–H groups in total. The standard InChI is InChI=1S/C20H20FN3O4S/c1-3-10-24-17(12-25)19(14-6-9-18(28-2)16(21)11-14)20(23-24)13-4-7-15(8-5-13)29(22,26)27/h3-11,25H,12H2,1-2H3,(H2,22,26,27)/b10-3+. The van der Waals surface area contributed by atoms with Crippen LogP contribution in [0.25, 0.3) is 28.6 Å². The Morgan fingerprint density at radius 3 is 2.38 bits per heavy atom.